The number of pyridine rings is 1. The summed E-state index contributed by atoms with van der Waals surface area (Å²) in [5.41, 5.74) is -1.47. The van der Waals surface area contributed by atoms with Crippen molar-refractivity contribution >= 4 is 49.2 Å². The van der Waals surface area contributed by atoms with Crippen molar-refractivity contribution in [2.24, 2.45) is 0 Å². The van der Waals surface area contributed by atoms with E-state index >= 15 is 4.39 Å². The average molecular weight is 547 g/mol. The van der Waals surface area contributed by atoms with Crippen molar-refractivity contribution in [1.29, 1.82) is 0 Å². The van der Waals surface area contributed by atoms with Crippen LogP contribution >= 0.6 is 15.9 Å². The number of rotatable bonds is 6. The zero-order valence-electron chi connectivity index (χ0n) is 17.5. The Labute approximate surface area is 197 Å². The summed E-state index contributed by atoms with van der Waals surface area (Å²) in [5, 5.41) is 2.54. The molecule has 0 aliphatic carbocycles. The number of anilines is 3. The minimum Gasteiger partial charge on any atom is -0.468 e. The number of nitrogens with zero attached hydrogens (tertiary/aromatic N) is 2. The molecule has 1 unspecified atom stereocenters. The number of hydrogen-bond acceptors (Lipinski definition) is 6. The number of carbonyl (C=O) groups excluding carboxylic acids is 1. The SMILES string of the molecule is COC(=O)C1CCCN1S(=O)(=O)Nc1c(Nc2ccc(Br)cc2F)c(F)c(=O)n2c1CCC2. The number of ether oxygens (including phenoxy) is 1. The smallest absolute Gasteiger partial charge is 0.324 e. The number of aromatic nitrogens is 1. The molecule has 2 N–H and O–H groups in total. The van der Waals surface area contributed by atoms with Gasteiger partial charge in [0.15, 0.2) is 0 Å². The molecule has 1 atom stereocenters. The van der Waals surface area contributed by atoms with Gasteiger partial charge in [0.25, 0.3) is 5.56 Å². The maximum Gasteiger partial charge on any atom is 0.324 e. The van der Waals surface area contributed by atoms with Gasteiger partial charge in [0, 0.05) is 23.3 Å². The van der Waals surface area contributed by atoms with E-state index in [2.05, 4.69) is 26.0 Å². The zero-order valence-corrected chi connectivity index (χ0v) is 19.9. The summed E-state index contributed by atoms with van der Waals surface area (Å²) in [6, 6.07) is 2.97. The molecule has 0 spiro atoms. The van der Waals surface area contributed by atoms with E-state index in [4.69, 9.17) is 4.74 Å². The number of nitrogens with one attached hydrogen (secondary N) is 2. The highest BCUT2D eigenvalue weighted by Crippen LogP contribution is 2.36. The molecule has 178 valence electrons. The van der Waals surface area contributed by atoms with Crippen LogP contribution in [0.5, 0.6) is 0 Å². The van der Waals surface area contributed by atoms with Crippen LogP contribution in [0.2, 0.25) is 0 Å². The van der Waals surface area contributed by atoms with E-state index in [1.54, 1.807) is 0 Å². The summed E-state index contributed by atoms with van der Waals surface area (Å²) < 4.78 is 65.7. The second-order valence-electron chi connectivity index (χ2n) is 7.72. The summed E-state index contributed by atoms with van der Waals surface area (Å²) >= 11 is 3.13. The Morgan fingerprint density at radius 2 is 1.97 bits per heavy atom. The minimum absolute atomic E-state index is 0.0661. The number of hydrogen-bond donors (Lipinski definition) is 2. The van der Waals surface area contributed by atoms with Crippen LogP contribution in [0.25, 0.3) is 0 Å². The zero-order chi connectivity index (χ0) is 23.9. The lowest BCUT2D eigenvalue weighted by Gasteiger charge is -2.25. The molecule has 0 amide bonds. The first-order valence-corrected chi connectivity index (χ1v) is 12.4. The summed E-state index contributed by atoms with van der Waals surface area (Å²) in [4.78, 5) is 24.6. The fraction of sp³-hybridized carbons (Fsp3) is 0.400. The van der Waals surface area contributed by atoms with Crippen LogP contribution in [0.3, 0.4) is 0 Å². The lowest BCUT2D eigenvalue weighted by atomic mass is 10.2. The molecule has 9 nitrogen and oxygen atoms in total. The third-order valence-electron chi connectivity index (χ3n) is 5.72. The van der Waals surface area contributed by atoms with Gasteiger partial charge in [-0.3, -0.25) is 14.3 Å². The van der Waals surface area contributed by atoms with Crippen molar-refractivity contribution in [3.8, 4) is 0 Å². The van der Waals surface area contributed by atoms with Gasteiger partial charge < -0.3 is 14.6 Å². The molecule has 0 bridgehead atoms. The van der Waals surface area contributed by atoms with Gasteiger partial charge in [-0.05, 0) is 43.9 Å². The Kier molecular flexibility index (Phi) is 6.47. The Hall–Kier alpha value is -2.51. The first-order valence-electron chi connectivity index (χ1n) is 10.2. The Balaban J connectivity index is 1.80. The fourth-order valence-corrected chi connectivity index (χ4v) is 6.00. The number of benzene rings is 1. The van der Waals surface area contributed by atoms with Crippen LogP contribution in [-0.2, 0) is 32.7 Å². The second kappa shape index (κ2) is 9.03. The van der Waals surface area contributed by atoms with Crippen molar-refractivity contribution in [2.75, 3.05) is 23.7 Å². The molecule has 1 aromatic heterocycles. The molecule has 0 radical (unpaired) electrons. The third kappa shape index (κ3) is 4.36. The van der Waals surface area contributed by atoms with Gasteiger partial charge >= 0.3 is 16.2 Å². The molecule has 0 saturated carbocycles. The lowest BCUT2D eigenvalue weighted by molar-refractivity contribution is -0.144. The molecule has 2 aliphatic rings. The average Bonchev–Trinajstić information content (AvgIpc) is 3.45. The van der Waals surface area contributed by atoms with Gasteiger partial charge in [0.1, 0.15) is 17.5 Å². The highest BCUT2D eigenvalue weighted by molar-refractivity contribution is 9.10. The van der Waals surface area contributed by atoms with Crippen LogP contribution in [-0.4, -0.2) is 43.0 Å². The van der Waals surface area contributed by atoms with E-state index in [0.717, 1.165) is 14.9 Å². The molecular weight excluding hydrogens is 526 g/mol. The van der Waals surface area contributed by atoms with Gasteiger partial charge in [-0.2, -0.15) is 17.1 Å². The highest BCUT2D eigenvalue weighted by atomic mass is 79.9. The molecule has 1 saturated heterocycles. The summed E-state index contributed by atoms with van der Waals surface area (Å²) in [6.45, 7) is 0.290. The van der Waals surface area contributed by atoms with Crippen LogP contribution in [0, 0.1) is 11.6 Å². The van der Waals surface area contributed by atoms with E-state index in [0.29, 0.717) is 23.7 Å². The van der Waals surface area contributed by atoms with Crippen molar-refractivity contribution in [2.45, 2.75) is 38.3 Å². The molecule has 33 heavy (non-hydrogen) atoms. The van der Waals surface area contributed by atoms with Crippen molar-refractivity contribution in [3.63, 3.8) is 0 Å². The number of fused-ring (bicyclic) bond motifs is 1. The first-order chi connectivity index (χ1) is 15.6. The molecule has 2 aromatic rings. The Morgan fingerprint density at radius 1 is 1.21 bits per heavy atom. The summed E-state index contributed by atoms with van der Waals surface area (Å²) in [7, 11) is -3.17. The van der Waals surface area contributed by atoms with Gasteiger partial charge in [-0.1, -0.05) is 15.9 Å². The lowest BCUT2D eigenvalue weighted by Crippen LogP contribution is -2.44. The van der Waals surface area contributed by atoms with E-state index in [-0.39, 0.29) is 36.6 Å². The normalized spacial score (nSPS) is 18.2. The summed E-state index contributed by atoms with van der Waals surface area (Å²) in [5.74, 6) is -2.68. The van der Waals surface area contributed by atoms with Crippen LogP contribution in [0.15, 0.2) is 27.5 Å². The first kappa shape index (κ1) is 23.6. The largest absolute Gasteiger partial charge is 0.468 e. The highest BCUT2D eigenvalue weighted by Gasteiger charge is 2.40. The van der Waals surface area contributed by atoms with E-state index in [1.807, 2.05) is 0 Å². The standard InChI is InChI=1S/C20H21BrF2N4O5S/c1-32-20(29)15-5-3-9-27(15)33(30,31)25-17-14-4-2-8-26(14)19(28)16(23)18(17)24-13-7-6-11(21)10-12(13)22/h6-7,10,15,24-25H,2-5,8-9H2,1H3. The third-order valence-corrected chi connectivity index (χ3v) is 7.73. The maximum atomic E-state index is 15.2. The number of carbonyl (C=O) groups is 1. The van der Waals surface area contributed by atoms with Gasteiger partial charge in [0.05, 0.1) is 18.5 Å². The van der Waals surface area contributed by atoms with E-state index in [1.165, 1.54) is 19.2 Å². The number of esters is 1. The Morgan fingerprint density at radius 3 is 2.67 bits per heavy atom. The van der Waals surface area contributed by atoms with E-state index < -0.39 is 45.1 Å². The van der Waals surface area contributed by atoms with Gasteiger partial charge in [-0.15, -0.1) is 0 Å². The molecule has 2 aliphatic heterocycles. The van der Waals surface area contributed by atoms with Gasteiger partial charge in [-0.25, -0.2) is 4.39 Å². The quantitative estimate of drug-likeness (QED) is 0.539. The Bertz CT molecular complexity index is 1280. The van der Waals surface area contributed by atoms with Crippen LogP contribution in [0.1, 0.15) is 25.0 Å². The van der Waals surface area contributed by atoms with Crippen LogP contribution < -0.4 is 15.6 Å². The predicted molar refractivity (Wildman–Crippen MR) is 121 cm³/mol. The number of methoxy groups -OCH3 is 1. The second-order valence-corrected chi connectivity index (χ2v) is 10.3. The van der Waals surface area contributed by atoms with E-state index in [9.17, 15) is 22.4 Å². The maximum absolute atomic E-state index is 15.2. The number of halogens is 3. The van der Waals surface area contributed by atoms with Crippen molar-refractivity contribution < 1.29 is 26.7 Å². The molecule has 4 rings (SSSR count). The molecule has 3 heterocycles. The predicted octanol–water partition coefficient (Wildman–Crippen LogP) is 2.87. The molecule has 13 heteroatoms. The summed E-state index contributed by atoms with van der Waals surface area (Å²) in [6.07, 6.45) is 1.54. The monoisotopic (exact) mass is 546 g/mol. The topological polar surface area (TPSA) is 110 Å². The minimum atomic E-state index is -4.34. The van der Waals surface area contributed by atoms with Crippen molar-refractivity contribution in [1.82, 2.24) is 8.87 Å². The van der Waals surface area contributed by atoms with Gasteiger partial charge in [0.2, 0.25) is 5.82 Å². The molecule has 1 fully saturated rings. The fourth-order valence-electron chi connectivity index (χ4n) is 4.18. The van der Waals surface area contributed by atoms with Crippen molar-refractivity contribution in [3.05, 3.63) is 50.4 Å². The van der Waals surface area contributed by atoms with Crippen LogP contribution in [0.4, 0.5) is 25.8 Å². The molecular formula is C20H21BrF2N4O5S. The molecule has 1 aromatic carbocycles.